The number of hydrogen-bond acceptors (Lipinski definition) is 13. The molecule has 220 valence electrons. The summed E-state index contributed by atoms with van der Waals surface area (Å²) in [4.78, 5) is 27.5. The number of aromatic hydroxyl groups is 8. The van der Waals surface area contributed by atoms with Crippen LogP contribution < -0.4 is 9.47 Å². The third kappa shape index (κ3) is 4.21. The lowest BCUT2D eigenvalue weighted by Gasteiger charge is -2.37. The Balaban J connectivity index is 1.60. The van der Waals surface area contributed by atoms with Gasteiger partial charge in [-0.2, -0.15) is 0 Å². The van der Waals surface area contributed by atoms with E-state index in [0.29, 0.717) is 0 Å². The van der Waals surface area contributed by atoms with Gasteiger partial charge in [-0.1, -0.05) is 12.1 Å². The predicted molar refractivity (Wildman–Crippen MR) is 143 cm³/mol. The number of hydrogen-bond donors (Lipinski definition) is 9. The first-order valence-corrected chi connectivity index (χ1v) is 12.7. The van der Waals surface area contributed by atoms with Crippen LogP contribution in [-0.4, -0.2) is 63.6 Å². The lowest BCUT2D eigenvalue weighted by molar-refractivity contribution is 0.0196. The summed E-state index contributed by atoms with van der Waals surface area (Å²) in [7, 11) is 0. The number of Topliss-reactive ketones (excluding diaryl/α,β-unsaturated/α-hetero) is 2. The molecule has 0 radical (unpaired) electrons. The highest BCUT2D eigenvalue weighted by Crippen LogP contribution is 2.55. The van der Waals surface area contributed by atoms with Crippen molar-refractivity contribution in [3.05, 3.63) is 82.4 Å². The van der Waals surface area contributed by atoms with Crippen molar-refractivity contribution in [3.8, 4) is 57.5 Å². The average Bonchev–Trinajstić information content (AvgIpc) is 2.93. The third-order valence-electron chi connectivity index (χ3n) is 7.44. The summed E-state index contributed by atoms with van der Waals surface area (Å²) in [6.07, 6.45) is -4.94. The van der Waals surface area contributed by atoms with E-state index in [9.17, 15) is 55.5 Å². The zero-order chi connectivity index (χ0) is 30.9. The molecule has 2 heterocycles. The first-order chi connectivity index (χ1) is 20.4. The summed E-state index contributed by atoms with van der Waals surface area (Å²) in [6, 6.07) is 9.57. The fraction of sp³-hybridized carbons (Fsp3) is 0.133. The molecule has 0 fully saturated rings. The molecule has 43 heavy (non-hydrogen) atoms. The van der Waals surface area contributed by atoms with Crippen LogP contribution in [0.3, 0.4) is 0 Å². The van der Waals surface area contributed by atoms with Crippen LogP contribution in [0.25, 0.3) is 0 Å². The maximum atomic E-state index is 14.1. The van der Waals surface area contributed by atoms with E-state index in [1.165, 1.54) is 12.1 Å². The number of ether oxygens (including phenoxy) is 2. The standard InChI is InChI=1S/C30H22O13/c31-12-7-17(36)21-20(8-12)42-28(10-1-3-13(32)15(34)5-10)24(25(21)39)22-18(37)9-19(38)23-26(40)27(41)29(43-30(22)23)11-2-4-14(33)16(35)6-11/h1-9,24,27-29,31-38,41H/t24-,27-,28+,29+/m1/s1. The molecule has 4 aromatic rings. The number of fused-ring (bicyclic) bond motifs is 2. The van der Waals surface area contributed by atoms with Gasteiger partial charge in [-0.05, 0) is 35.4 Å². The normalized spacial score (nSPS) is 21.0. The number of benzene rings is 4. The van der Waals surface area contributed by atoms with Crippen LogP contribution in [-0.2, 0) is 0 Å². The van der Waals surface area contributed by atoms with Crippen molar-refractivity contribution in [1.29, 1.82) is 0 Å². The Morgan fingerprint density at radius 1 is 0.535 bits per heavy atom. The van der Waals surface area contributed by atoms with E-state index in [1.807, 2.05) is 0 Å². The molecule has 13 nitrogen and oxygen atoms in total. The van der Waals surface area contributed by atoms with Gasteiger partial charge in [0, 0.05) is 18.2 Å². The van der Waals surface area contributed by atoms with E-state index in [0.717, 1.165) is 42.5 Å². The number of aliphatic hydroxyl groups is 1. The maximum Gasteiger partial charge on any atom is 0.202 e. The number of phenols is 8. The number of carbonyl (C=O) groups is 2. The molecule has 0 saturated carbocycles. The number of aliphatic hydroxyl groups excluding tert-OH is 1. The maximum absolute atomic E-state index is 14.1. The highest BCUT2D eigenvalue weighted by molar-refractivity contribution is 6.10. The molecular formula is C30H22O13. The summed E-state index contributed by atoms with van der Waals surface area (Å²) in [5.74, 6) is -9.20. The molecule has 4 atom stereocenters. The van der Waals surface area contributed by atoms with Gasteiger partial charge in [-0.3, -0.25) is 9.59 Å². The first-order valence-electron chi connectivity index (χ1n) is 12.7. The van der Waals surface area contributed by atoms with Gasteiger partial charge in [0.15, 0.2) is 41.0 Å². The second-order valence-corrected chi connectivity index (χ2v) is 10.1. The monoisotopic (exact) mass is 590 g/mol. The van der Waals surface area contributed by atoms with E-state index < -0.39 is 104 Å². The van der Waals surface area contributed by atoms with Crippen LogP contribution in [0.1, 0.15) is 55.5 Å². The summed E-state index contributed by atoms with van der Waals surface area (Å²) < 4.78 is 12.0. The molecule has 9 N–H and O–H groups in total. The Morgan fingerprint density at radius 3 is 1.72 bits per heavy atom. The molecule has 0 unspecified atom stereocenters. The molecule has 2 aliphatic rings. The summed E-state index contributed by atoms with van der Waals surface area (Å²) in [5, 5.41) is 93.0. The summed E-state index contributed by atoms with van der Waals surface area (Å²) in [6.45, 7) is 0. The highest BCUT2D eigenvalue weighted by Gasteiger charge is 2.48. The van der Waals surface area contributed by atoms with Gasteiger partial charge in [0.25, 0.3) is 0 Å². The van der Waals surface area contributed by atoms with E-state index in [2.05, 4.69) is 0 Å². The van der Waals surface area contributed by atoms with E-state index in [1.54, 1.807) is 0 Å². The van der Waals surface area contributed by atoms with Crippen LogP contribution in [0.15, 0.2) is 54.6 Å². The zero-order valence-electron chi connectivity index (χ0n) is 21.7. The minimum Gasteiger partial charge on any atom is -0.508 e. The molecule has 0 aliphatic carbocycles. The smallest absolute Gasteiger partial charge is 0.202 e. The van der Waals surface area contributed by atoms with Gasteiger partial charge in [0.05, 0.1) is 11.5 Å². The number of carbonyl (C=O) groups excluding carboxylic acids is 2. The largest absolute Gasteiger partial charge is 0.508 e. The van der Waals surface area contributed by atoms with Gasteiger partial charge in [-0.25, -0.2) is 0 Å². The molecule has 0 amide bonds. The molecule has 13 heteroatoms. The topological polar surface area (TPSA) is 235 Å². The third-order valence-corrected chi connectivity index (χ3v) is 7.44. The quantitative estimate of drug-likeness (QED) is 0.156. The van der Waals surface area contributed by atoms with Crippen molar-refractivity contribution in [3.63, 3.8) is 0 Å². The fourth-order valence-corrected chi connectivity index (χ4v) is 5.44. The van der Waals surface area contributed by atoms with E-state index >= 15 is 0 Å². The van der Waals surface area contributed by atoms with E-state index in [-0.39, 0.29) is 16.9 Å². The van der Waals surface area contributed by atoms with Crippen LogP contribution in [0, 0.1) is 0 Å². The van der Waals surface area contributed by atoms with Crippen molar-refractivity contribution in [2.75, 3.05) is 0 Å². The fourth-order valence-electron chi connectivity index (χ4n) is 5.44. The molecular weight excluding hydrogens is 568 g/mol. The number of rotatable bonds is 3. The van der Waals surface area contributed by atoms with Crippen molar-refractivity contribution in [2.24, 2.45) is 0 Å². The second kappa shape index (κ2) is 9.63. The Labute approximate surface area is 240 Å². The van der Waals surface area contributed by atoms with Gasteiger partial charge in [-0.15, -0.1) is 0 Å². The van der Waals surface area contributed by atoms with Crippen LogP contribution in [0.4, 0.5) is 0 Å². The van der Waals surface area contributed by atoms with Crippen molar-refractivity contribution >= 4 is 11.6 Å². The molecule has 4 aromatic carbocycles. The first kappa shape index (κ1) is 27.4. The molecule has 0 saturated heterocycles. The van der Waals surface area contributed by atoms with Gasteiger partial charge < -0.3 is 55.4 Å². The lowest BCUT2D eigenvalue weighted by Crippen LogP contribution is -2.38. The van der Waals surface area contributed by atoms with Gasteiger partial charge in [0.2, 0.25) is 5.78 Å². The Bertz CT molecular complexity index is 1850. The molecule has 0 bridgehead atoms. The minimum atomic E-state index is -1.93. The minimum absolute atomic E-state index is 0.0141. The Kier molecular flexibility index (Phi) is 6.13. The zero-order valence-corrected chi connectivity index (χ0v) is 21.7. The molecule has 6 rings (SSSR count). The second-order valence-electron chi connectivity index (χ2n) is 10.1. The SMILES string of the molecule is O=C1c2c(O)cc(O)c([C@@H]3C(=O)c4c(O)cc(O)cc4O[C@H]3c3ccc(O)c(O)c3)c2O[C@@H](c2ccc(O)c(O)c2)[C@@H]1O. The Morgan fingerprint density at radius 2 is 1.12 bits per heavy atom. The van der Waals surface area contributed by atoms with Crippen molar-refractivity contribution < 1.29 is 65.0 Å². The summed E-state index contributed by atoms with van der Waals surface area (Å²) in [5.41, 5.74) is -1.29. The predicted octanol–water partition coefficient (Wildman–Crippen LogP) is 3.11. The van der Waals surface area contributed by atoms with Crippen molar-refractivity contribution in [2.45, 2.75) is 24.2 Å². The highest BCUT2D eigenvalue weighted by atomic mass is 16.5. The molecule has 2 aliphatic heterocycles. The van der Waals surface area contributed by atoms with Crippen LogP contribution in [0.5, 0.6) is 57.5 Å². The number of phenolic OH excluding ortho intramolecular Hbond substituents is 8. The summed E-state index contributed by atoms with van der Waals surface area (Å²) >= 11 is 0. The Hall–Kier alpha value is -5.82. The van der Waals surface area contributed by atoms with Gasteiger partial charge >= 0.3 is 0 Å². The number of ketones is 2. The van der Waals surface area contributed by atoms with Gasteiger partial charge in [0.1, 0.15) is 51.7 Å². The lowest BCUT2D eigenvalue weighted by atomic mass is 9.78. The average molecular weight is 590 g/mol. The van der Waals surface area contributed by atoms with Crippen molar-refractivity contribution in [1.82, 2.24) is 0 Å². The molecule has 0 aromatic heterocycles. The van der Waals surface area contributed by atoms with E-state index in [4.69, 9.17) is 9.47 Å². The van der Waals surface area contributed by atoms with Crippen LogP contribution >= 0.6 is 0 Å². The van der Waals surface area contributed by atoms with Crippen LogP contribution in [0.2, 0.25) is 0 Å². The molecule has 0 spiro atoms.